The highest BCUT2D eigenvalue weighted by Crippen LogP contribution is 2.28. The molecule has 1 N–H and O–H groups in total. The minimum atomic E-state index is -0.171. The lowest BCUT2D eigenvalue weighted by atomic mass is 9.97. The van der Waals surface area contributed by atoms with Gasteiger partial charge in [-0.2, -0.15) is 0 Å². The van der Waals surface area contributed by atoms with Crippen LogP contribution in [0.5, 0.6) is 0 Å². The summed E-state index contributed by atoms with van der Waals surface area (Å²) in [4.78, 5) is 12.5. The van der Waals surface area contributed by atoms with Gasteiger partial charge in [0.1, 0.15) is 13.0 Å². The highest BCUT2D eigenvalue weighted by molar-refractivity contribution is 5.69. The average molecular weight is 191 g/mol. The first-order valence-electron chi connectivity index (χ1n) is 4.77. The van der Waals surface area contributed by atoms with E-state index < -0.39 is 0 Å². The van der Waals surface area contributed by atoms with E-state index in [1.54, 1.807) is 4.90 Å². The van der Waals surface area contributed by atoms with Crippen molar-refractivity contribution < 1.29 is 9.90 Å². The summed E-state index contributed by atoms with van der Waals surface area (Å²) < 4.78 is 0. The second-order valence-electron chi connectivity index (χ2n) is 3.48. The summed E-state index contributed by atoms with van der Waals surface area (Å²) >= 11 is 0. The van der Waals surface area contributed by atoms with Crippen molar-refractivity contribution in [1.29, 1.82) is 0 Å². The SMILES string of the molecule is O=CC1CCc2ccccc2N1CO. The summed E-state index contributed by atoms with van der Waals surface area (Å²) in [6.07, 6.45) is 2.61. The maximum Gasteiger partial charge on any atom is 0.142 e. The van der Waals surface area contributed by atoms with E-state index >= 15 is 0 Å². The van der Waals surface area contributed by atoms with Crippen molar-refractivity contribution in [1.82, 2.24) is 0 Å². The summed E-state index contributed by atoms with van der Waals surface area (Å²) in [6.45, 7) is -0.0968. The first-order chi connectivity index (χ1) is 6.86. The molecule has 0 aromatic heterocycles. The third-order valence-electron chi connectivity index (χ3n) is 2.72. The molecule has 1 aliphatic heterocycles. The number of aryl methyl sites for hydroxylation is 1. The van der Waals surface area contributed by atoms with Crippen LogP contribution in [0.2, 0.25) is 0 Å². The van der Waals surface area contributed by atoms with Gasteiger partial charge in [0.15, 0.2) is 0 Å². The summed E-state index contributed by atoms with van der Waals surface area (Å²) in [6, 6.07) is 7.72. The minimum absolute atomic E-state index is 0.0968. The third-order valence-corrected chi connectivity index (χ3v) is 2.72. The van der Waals surface area contributed by atoms with E-state index in [4.69, 9.17) is 0 Å². The Morgan fingerprint density at radius 1 is 1.50 bits per heavy atom. The van der Waals surface area contributed by atoms with Gasteiger partial charge in [0, 0.05) is 5.69 Å². The number of fused-ring (bicyclic) bond motifs is 1. The first-order valence-corrected chi connectivity index (χ1v) is 4.77. The molecular weight excluding hydrogens is 178 g/mol. The summed E-state index contributed by atoms with van der Waals surface area (Å²) in [5.74, 6) is 0. The van der Waals surface area contributed by atoms with Gasteiger partial charge in [-0.1, -0.05) is 18.2 Å². The predicted octanol–water partition coefficient (Wildman–Crippen LogP) is 0.956. The molecular formula is C11H13NO2. The van der Waals surface area contributed by atoms with Gasteiger partial charge >= 0.3 is 0 Å². The van der Waals surface area contributed by atoms with E-state index in [0.29, 0.717) is 0 Å². The van der Waals surface area contributed by atoms with Gasteiger partial charge in [-0.25, -0.2) is 0 Å². The van der Waals surface area contributed by atoms with Crippen LogP contribution >= 0.6 is 0 Å². The number of aliphatic hydroxyl groups is 1. The van der Waals surface area contributed by atoms with Crippen LogP contribution in [0.3, 0.4) is 0 Å². The quantitative estimate of drug-likeness (QED) is 0.708. The second kappa shape index (κ2) is 3.80. The fourth-order valence-corrected chi connectivity index (χ4v) is 1.96. The fourth-order valence-electron chi connectivity index (χ4n) is 1.96. The van der Waals surface area contributed by atoms with Gasteiger partial charge in [-0.05, 0) is 24.5 Å². The Bertz CT molecular complexity index is 338. The molecule has 1 aromatic carbocycles. The zero-order chi connectivity index (χ0) is 9.97. The zero-order valence-corrected chi connectivity index (χ0v) is 7.89. The molecule has 0 bridgehead atoms. The lowest BCUT2D eigenvalue weighted by molar-refractivity contribution is -0.109. The van der Waals surface area contributed by atoms with Crippen molar-refractivity contribution in [3.63, 3.8) is 0 Å². The van der Waals surface area contributed by atoms with Crippen LogP contribution in [0.4, 0.5) is 5.69 Å². The molecule has 0 spiro atoms. The van der Waals surface area contributed by atoms with Gasteiger partial charge in [0.25, 0.3) is 0 Å². The summed E-state index contributed by atoms with van der Waals surface area (Å²) in [5.41, 5.74) is 2.19. The molecule has 1 aliphatic rings. The average Bonchev–Trinajstić information content (AvgIpc) is 2.27. The minimum Gasteiger partial charge on any atom is -0.376 e. The lowest BCUT2D eigenvalue weighted by Crippen LogP contribution is -2.40. The zero-order valence-electron chi connectivity index (χ0n) is 7.89. The number of nitrogens with zero attached hydrogens (tertiary/aromatic N) is 1. The van der Waals surface area contributed by atoms with Crippen molar-refractivity contribution >= 4 is 12.0 Å². The summed E-state index contributed by atoms with van der Waals surface area (Å²) in [5, 5.41) is 9.21. The standard InChI is InChI=1S/C11H13NO2/c13-7-10-6-5-9-3-1-2-4-11(9)12(10)8-14/h1-4,7,10,14H,5-6,8H2. The van der Waals surface area contributed by atoms with Gasteiger partial charge in [-0.3, -0.25) is 0 Å². The number of hydrogen-bond donors (Lipinski definition) is 1. The Labute approximate surface area is 83.0 Å². The van der Waals surface area contributed by atoms with Crippen molar-refractivity contribution in [2.75, 3.05) is 11.6 Å². The molecule has 1 atom stereocenters. The molecule has 3 heteroatoms. The van der Waals surface area contributed by atoms with Crippen LogP contribution in [-0.2, 0) is 11.2 Å². The molecule has 0 radical (unpaired) electrons. The molecule has 0 saturated heterocycles. The molecule has 1 unspecified atom stereocenters. The highest BCUT2D eigenvalue weighted by Gasteiger charge is 2.24. The number of rotatable bonds is 2. The Morgan fingerprint density at radius 2 is 2.29 bits per heavy atom. The smallest absolute Gasteiger partial charge is 0.142 e. The lowest BCUT2D eigenvalue weighted by Gasteiger charge is -2.34. The normalized spacial score (nSPS) is 20.4. The molecule has 1 aromatic rings. The van der Waals surface area contributed by atoms with E-state index in [2.05, 4.69) is 0 Å². The third kappa shape index (κ3) is 1.40. The molecule has 1 heterocycles. The van der Waals surface area contributed by atoms with Crippen molar-refractivity contribution in [2.45, 2.75) is 18.9 Å². The Balaban J connectivity index is 2.39. The number of aldehydes is 1. The van der Waals surface area contributed by atoms with Crippen LogP contribution in [-0.4, -0.2) is 24.2 Å². The number of hydrogen-bond acceptors (Lipinski definition) is 3. The largest absolute Gasteiger partial charge is 0.376 e. The summed E-state index contributed by atoms with van der Waals surface area (Å²) in [7, 11) is 0. The topological polar surface area (TPSA) is 40.5 Å². The van der Waals surface area contributed by atoms with Crippen molar-refractivity contribution in [3.8, 4) is 0 Å². The Kier molecular flexibility index (Phi) is 2.50. The van der Waals surface area contributed by atoms with Crippen molar-refractivity contribution in [2.24, 2.45) is 0 Å². The number of anilines is 1. The van der Waals surface area contributed by atoms with E-state index in [1.807, 2.05) is 24.3 Å². The van der Waals surface area contributed by atoms with Crippen LogP contribution in [0.25, 0.3) is 0 Å². The molecule has 2 rings (SSSR count). The number of para-hydroxylation sites is 1. The van der Waals surface area contributed by atoms with Gasteiger partial charge in [0.05, 0.1) is 6.04 Å². The van der Waals surface area contributed by atoms with Gasteiger partial charge < -0.3 is 14.8 Å². The van der Waals surface area contributed by atoms with E-state index in [1.165, 1.54) is 5.56 Å². The maximum absolute atomic E-state index is 10.8. The maximum atomic E-state index is 10.8. The van der Waals surface area contributed by atoms with Gasteiger partial charge in [-0.15, -0.1) is 0 Å². The monoisotopic (exact) mass is 191 g/mol. The molecule has 0 aliphatic carbocycles. The Hall–Kier alpha value is -1.35. The van der Waals surface area contributed by atoms with E-state index in [9.17, 15) is 9.90 Å². The fraction of sp³-hybridized carbons (Fsp3) is 0.364. The number of carbonyl (C=O) groups is 1. The van der Waals surface area contributed by atoms with Gasteiger partial charge in [0.2, 0.25) is 0 Å². The van der Waals surface area contributed by atoms with Crippen molar-refractivity contribution in [3.05, 3.63) is 29.8 Å². The molecule has 14 heavy (non-hydrogen) atoms. The molecule has 74 valence electrons. The number of aliphatic hydroxyl groups excluding tert-OH is 1. The van der Waals surface area contributed by atoms with Crippen LogP contribution in [0.15, 0.2) is 24.3 Å². The number of carbonyl (C=O) groups excluding carboxylic acids is 1. The first kappa shape index (κ1) is 9.21. The van der Waals surface area contributed by atoms with E-state index in [-0.39, 0.29) is 12.8 Å². The highest BCUT2D eigenvalue weighted by atomic mass is 16.3. The molecule has 0 fully saturated rings. The number of benzene rings is 1. The van der Waals surface area contributed by atoms with E-state index in [0.717, 1.165) is 24.8 Å². The predicted molar refractivity (Wildman–Crippen MR) is 54.2 cm³/mol. The van der Waals surface area contributed by atoms with Crippen LogP contribution in [0.1, 0.15) is 12.0 Å². The molecule has 0 saturated carbocycles. The molecule has 0 amide bonds. The molecule has 3 nitrogen and oxygen atoms in total. The Morgan fingerprint density at radius 3 is 3.00 bits per heavy atom. The second-order valence-corrected chi connectivity index (χ2v) is 3.48. The van der Waals surface area contributed by atoms with Crippen LogP contribution < -0.4 is 4.90 Å². The van der Waals surface area contributed by atoms with Crippen LogP contribution in [0, 0.1) is 0 Å².